The number of carbonyl (C=O) groups is 1. The van der Waals surface area contributed by atoms with Gasteiger partial charge >= 0.3 is 0 Å². The molecular formula is C18H21F2N5O3S2. The van der Waals surface area contributed by atoms with Gasteiger partial charge in [0.1, 0.15) is 10.8 Å². The quantitative estimate of drug-likeness (QED) is 0.603. The monoisotopic (exact) mass is 457 g/mol. The van der Waals surface area contributed by atoms with Crippen molar-refractivity contribution in [2.24, 2.45) is 0 Å². The van der Waals surface area contributed by atoms with Crippen LogP contribution in [0.15, 0.2) is 47.8 Å². The lowest BCUT2D eigenvalue weighted by atomic mass is 10.3. The van der Waals surface area contributed by atoms with Crippen LogP contribution in [0.1, 0.15) is 10.4 Å². The molecule has 12 heteroatoms. The number of alkyl halides is 2. The van der Waals surface area contributed by atoms with Crippen LogP contribution in [-0.2, 0) is 10.0 Å². The van der Waals surface area contributed by atoms with E-state index in [9.17, 15) is 22.0 Å². The van der Waals surface area contributed by atoms with Crippen molar-refractivity contribution < 1.29 is 22.0 Å². The fraction of sp³-hybridized carbons (Fsp3) is 0.389. The Bertz CT molecular complexity index is 955. The number of sulfonamides is 1. The van der Waals surface area contributed by atoms with Crippen molar-refractivity contribution in [2.75, 3.05) is 43.4 Å². The number of thioether (sulfide) groups is 1. The molecule has 0 aliphatic carbocycles. The van der Waals surface area contributed by atoms with E-state index in [0.717, 1.165) is 5.82 Å². The molecule has 0 aromatic carbocycles. The van der Waals surface area contributed by atoms with Crippen LogP contribution >= 0.6 is 11.8 Å². The van der Waals surface area contributed by atoms with Crippen molar-refractivity contribution in [2.45, 2.75) is 10.8 Å². The normalized spacial score (nSPS) is 15.4. The highest BCUT2D eigenvalue weighted by Gasteiger charge is 2.27. The number of hydrogen-bond donors (Lipinski definition) is 1. The second-order valence-electron chi connectivity index (χ2n) is 6.38. The molecule has 1 N–H and O–H groups in total. The van der Waals surface area contributed by atoms with Gasteiger partial charge < -0.3 is 10.2 Å². The summed E-state index contributed by atoms with van der Waals surface area (Å²) in [5.74, 6) is -2.83. The summed E-state index contributed by atoms with van der Waals surface area (Å²) >= 11 is 0.172. The van der Waals surface area contributed by atoms with Gasteiger partial charge in [0, 0.05) is 45.1 Å². The molecule has 0 atom stereocenters. The summed E-state index contributed by atoms with van der Waals surface area (Å²) in [4.78, 5) is 22.3. The Hall–Kier alpha value is -2.31. The molecule has 1 saturated heterocycles. The van der Waals surface area contributed by atoms with Gasteiger partial charge in [0.2, 0.25) is 10.0 Å². The van der Waals surface area contributed by atoms with Crippen molar-refractivity contribution in [3.05, 3.63) is 48.3 Å². The second kappa shape index (κ2) is 10.1. The van der Waals surface area contributed by atoms with Gasteiger partial charge in [0.15, 0.2) is 0 Å². The Morgan fingerprint density at radius 1 is 1.10 bits per heavy atom. The van der Waals surface area contributed by atoms with Crippen molar-refractivity contribution in [3.8, 4) is 0 Å². The SMILES string of the molecule is O=C(NCCS(=O)(=O)N1CCN(c2ccccn2)CC1)c1cccnc1SC(F)F. The molecule has 30 heavy (non-hydrogen) atoms. The Morgan fingerprint density at radius 2 is 1.83 bits per heavy atom. The number of piperazine rings is 1. The van der Waals surface area contributed by atoms with Crippen LogP contribution in [-0.4, -0.2) is 72.8 Å². The molecule has 2 aromatic heterocycles. The van der Waals surface area contributed by atoms with Crippen molar-refractivity contribution in [3.63, 3.8) is 0 Å². The Kier molecular flexibility index (Phi) is 7.56. The maximum absolute atomic E-state index is 12.6. The zero-order valence-corrected chi connectivity index (χ0v) is 17.6. The molecule has 0 bridgehead atoms. The average Bonchev–Trinajstić information content (AvgIpc) is 2.74. The smallest absolute Gasteiger partial charge is 0.290 e. The van der Waals surface area contributed by atoms with E-state index < -0.39 is 21.7 Å². The van der Waals surface area contributed by atoms with Gasteiger partial charge in [-0.2, -0.15) is 13.1 Å². The largest absolute Gasteiger partial charge is 0.354 e. The highest BCUT2D eigenvalue weighted by Crippen LogP contribution is 2.26. The van der Waals surface area contributed by atoms with E-state index >= 15 is 0 Å². The third-order valence-electron chi connectivity index (χ3n) is 4.47. The minimum Gasteiger partial charge on any atom is -0.354 e. The lowest BCUT2D eigenvalue weighted by Gasteiger charge is -2.34. The van der Waals surface area contributed by atoms with E-state index in [2.05, 4.69) is 15.3 Å². The lowest BCUT2D eigenvalue weighted by molar-refractivity contribution is 0.0952. The van der Waals surface area contributed by atoms with E-state index in [-0.39, 0.29) is 34.6 Å². The first-order valence-electron chi connectivity index (χ1n) is 9.18. The van der Waals surface area contributed by atoms with Gasteiger partial charge in [-0.15, -0.1) is 0 Å². The number of nitrogens with one attached hydrogen (secondary N) is 1. The average molecular weight is 458 g/mol. The summed E-state index contributed by atoms with van der Waals surface area (Å²) < 4.78 is 51.8. The third-order valence-corrected chi connectivity index (χ3v) is 7.07. The standard InChI is InChI=1S/C18H21F2N5O3S2/c19-18(20)29-17-14(4-3-7-23-17)16(26)22-8-13-30(27,28)25-11-9-24(10-12-25)15-5-1-2-6-21-15/h1-7,18H,8-13H2,(H,22,26). The van der Waals surface area contributed by atoms with Crippen molar-refractivity contribution in [1.82, 2.24) is 19.6 Å². The van der Waals surface area contributed by atoms with Crippen LogP contribution in [0.2, 0.25) is 0 Å². The lowest BCUT2D eigenvalue weighted by Crippen LogP contribution is -2.50. The van der Waals surface area contributed by atoms with E-state index in [1.54, 1.807) is 6.20 Å². The summed E-state index contributed by atoms with van der Waals surface area (Å²) in [6, 6.07) is 8.40. The molecule has 0 spiro atoms. The Morgan fingerprint density at radius 3 is 2.50 bits per heavy atom. The maximum Gasteiger partial charge on any atom is 0.290 e. The number of rotatable bonds is 8. The number of amides is 1. The Labute approximate surface area is 177 Å². The zero-order chi connectivity index (χ0) is 21.6. The summed E-state index contributed by atoms with van der Waals surface area (Å²) in [5, 5.41) is 2.38. The van der Waals surface area contributed by atoms with Crippen molar-refractivity contribution in [1.29, 1.82) is 0 Å². The second-order valence-corrected chi connectivity index (χ2v) is 9.45. The highest BCUT2D eigenvalue weighted by molar-refractivity contribution is 7.99. The van der Waals surface area contributed by atoms with Crippen LogP contribution in [0.3, 0.4) is 0 Å². The van der Waals surface area contributed by atoms with Crippen LogP contribution in [0.5, 0.6) is 0 Å². The van der Waals surface area contributed by atoms with Gasteiger partial charge in [0.05, 0.1) is 11.3 Å². The minimum atomic E-state index is -3.57. The van der Waals surface area contributed by atoms with Crippen molar-refractivity contribution >= 4 is 33.5 Å². The van der Waals surface area contributed by atoms with E-state index in [1.807, 2.05) is 23.1 Å². The van der Waals surface area contributed by atoms with Gasteiger partial charge in [-0.3, -0.25) is 4.79 Å². The van der Waals surface area contributed by atoms with Crippen LogP contribution in [0.25, 0.3) is 0 Å². The first-order chi connectivity index (χ1) is 14.4. The summed E-state index contributed by atoms with van der Waals surface area (Å²) in [5.41, 5.74) is -0.0100. The first-order valence-corrected chi connectivity index (χ1v) is 11.7. The fourth-order valence-electron chi connectivity index (χ4n) is 3.00. The molecule has 1 amide bonds. The van der Waals surface area contributed by atoms with Crippen LogP contribution in [0, 0.1) is 0 Å². The topological polar surface area (TPSA) is 95.5 Å². The van der Waals surface area contributed by atoms with Gasteiger partial charge in [-0.1, -0.05) is 6.07 Å². The van der Waals surface area contributed by atoms with E-state index in [1.165, 1.54) is 22.6 Å². The zero-order valence-electron chi connectivity index (χ0n) is 15.9. The van der Waals surface area contributed by atoms with Crippen LogP contribution in [0.4, 0.5) is 14.6 Å². The van der Waals surface area contributed by atoms with Gasteiger partial charge in [-0.05, 0) is 36.0 Å². The van der Waals surface area contributed by atoms with Crippen LogP contribution < -0.4 is 10.2 Å². The molecule has 0 radical (unpaired) electrons. The summed E-state index contributed by atoms with van der Waals surface area (Å²) in [7, 11) is -3.57. The third kappa shape index (κ3) is 5.86. The molecule has 0 saturated carbocycles. The maximum atomic E-state index is 12.6. The minimum absolute atomic E-state index is 0.0100. The number of nitrogens with zero attached hydrogens (tertiary/aromatic N) is 4. The molecule has 8 nitrogen and oxygen atoms in total. The molecular weight excluding hydrogens is 436 g/mol. The van der Waals surface area contributed by atoms with E-state index in [4.69, 9.17) is 0 Å². The highest BCUT2D eigenvalue weighted by atomic mass is 32.2. The van der Waals surface area contributed by atoms with Gasteiger partial charge in [0.25, 0.3) is 11.7 Å². The number of anilines is 1. The number of halogens is 2. The molecule has 1 aliphatic heterocycles. The number of hydrogen-bond acceptors (Lipinski definition) is 7. The molecule has 3 rings (SSSR count). The molecule has 1 fully saturated rings. The van der Waals surface area contributed by atoms with E-state index in [0.29, 0.717) is 26.2 Å². The fourth-order valence-corrected chi connectivity index (χ4v) is 4.91. The summed E-state index contributed by atoms with van der Waals surface area (Å²) in [6.45, 7) is 1.56. The number of pyridine rings is 2. The summed E-state index contributed by atoms with van der Waals surface area (Å²) in [6.07, 6.45) is 3.01. The molecule has 3 heterocycles. The number of aromatic nitrogens is 2. The molecule has 1 aliphatic rings. The first kappa shape index (κ1) is 22.4. The molecule has 2 aromatic rings. The van der Waals surface area contributed by atoms with Gasteiger partial charge in [-0.25, -0.2) is 18.4 Å². The molecule has 0 unspecified atom stereocenters. The molecule has 162 valence electrons. The predicted octanol–water partition coefficient (Wildman–Crippen LogP) is 1.67. The predicted molar refractivity (Wildman–Crippen MR) is 110 cm³/mol. The number of carbonyl (C=O) groups excluding carboxylic acids is 1. The Balaban J connectivity index is 1.51.